The quantitative estimate of drug-likeness (QED) is 0.543. The minimum Gasteiger partial charge on any atom is -0.481 e. The number of carbonyl (C=O) groups is 2. The fourth-order valence-corrected chi connectivity index (χ4v) is 2.96. The Morgan fingerprint density at radius 3 is 2.52 bits per heavy atom. The van der Waals surface area contributed by atoms with E-state index in [4.69, 9.17) is 13.9 Å². The van der Waals surface area contributed by atoms with E-state index in [2.05, 4.69) is 16.8 Å². The second-order valence-corrected chi connectivity index (χ2v) is 7.31. The summed E-state index contributed by atoms with van der Waals surface area (Å²) in [7, 11) is 0. The lowest BCUT2D eigenvalue weighted by Gasteiger charge is -2.20. The predicted octanol–water partition coefficient (Wildman–Crippen LogP) is 4.12. The van der Waals surface area contributed by atoms with Crippen LogP contribution in [0.5, 0.6) is 11.5 Å². The summed E-state index contributed by atoms with van der Waals surface area (Å²) in [5.41, 5.74) is 2.27. The van der Waals surface area contributed by atoms with E-state index in [1.54, 1.807) is 62.4 Å². The highest BCUT2D eigenvalue weighted by molar-refractivity contribution is 5.78. The van der Waals surface area contributed by atoms with Gasteiger partial charge in [-0.05, 0) is 49.6 Å². The Hall–Kier alpha value is -4.25. The molecule has 0 aliphatic heterocycles. The zero-order valence-corrected chi connectivity index (χ0v) is 18.6. The van der Waals surface area contributed by atoms with Gasteiger partial charge in [0.2, 0.25) is 0 Å². The van der Waals surface area contributed by atoms with Crippen molar-refractivity contribution in [2.24, 2.45) is 0 Å². The van der Waals surface area contributed by atoms with Gasteiger partial charge in [-0.25, -0.2) is 9.78 Å². The molecule has 0 spiro atoms. The first-order chi connectivity index (χ1) is 15.8. The van der Waals surface area contributed by atoms with E-state index in [0.717, 1.165) is 10.5 Å². The fraction of sp³-hybridized carbons (Fsp3) is 0.240. The first kappa shape index (κ1) is 23.4. The number of benzene rings is 2. The van der Waals surface area contributed by atoms with E-state index >= 15 is 0 Å². The van der Waals surface area contributed by atoms with E-state index < -0.39 is 18.6 Å². The molecule has 1 heterocycles. The third-order valence-electron chi connectivity index (χ3n) is 4.50. The molecule has 0 saturated heterocycles. The molecular formula is C25H24N2O6. The Balaban J connectivity index is 1.63. The third kappa shape index (κ3) is 7.14. The van der Waals surface area contributed by atoms with Gasteiger partial charge in [-0.2, -0.15) is 0 Å². The van der Waals surface area contributed by atoms with Crippen LogP contribution in [-0.2, 0) is 11.3 Å². The van der Waals surface area contributed by atoms with Gasteiger partial charge in [0.05, 0.1) is 0 Å². The summed E-state index contributed by atoms with van der Waals surface area (Å²) < 4.78 is 16.3. The summed E-state index contributed by atoms with van der Waals surface area (Å²) >= 11 is 0. The van der Waals surface area contributed by atoms with E-state index in [1.807, 2.05) is 6.92 Å². The summed E-state index contributed by atoms with van der Waals surface area (Å²) in [5.74, 6) is 6.73. The van der Waals surface area contributed by atoms with Crippen LogP contribution in [0.4, 0.5) is 4.79 Å². The number of aryl methyl sites for hydroxylation is 3. The molecule has 0 saturated carbocycles. The van der Waals surface area contributed by atoms with E-state index in [9.17, 15) is 14.7 Å². The number of amides is 1. The van der Waals surface area contributed by atoms with Crippen molar-refractivity contribution < 1.29 is 28.6 Å². The van der Waals surface area contributed by atoms with Gasteiger partial charge in [-0.3, -0.25) is 9.69 Å². The minimum atomic E-state index is -1.14. The van der Waals surface area contributed by atoms with Gasteiger partial charge in [0.1, 0.15) is 30.4 Å². The average molecular weight is 448 g/mol. The molecule has 0 fully saturated rings. The summed E-state index contributed by atoms with van der Waals surface area (Å²) in [6.45, 7) is 5.13. The van der Waals surface area contributed by atoms with Crippen LogP contribution in [0.25, 0.3) is 0 Å². The molecule has 170 valence electrons. The number of rotatable bonds is 7. The molecule has 0 unspecified atom stereocenters. The normalized spacial score (nSPS) is 10.2. The first-order valence-electron chi connectivity index (χ1n) is 10.2. The number of carboxylic acid groups (broad SMARTS) is 1. The molecule has 0 radical (unpaired) electrons. The monoisotopic (exact) mass is 448 g/mol. The van der Waals surface area contributed by atoms with Crippen LogP contribution in [0.3, 0.4) is 0 Å². The highest BCUT2D eigenvalue weighted by Crippen LogP contribution is 2.17. The molecule has 0 bridgehead atoms. The van der Waals surface area contributed by atoms with Crippen molar-refractivity contribution in [3.63, 3.8) is 0 Å². The number of aliphatic carboxylic acids is 1. The van der Waals surface area contributed by atoms with Crippen molar-refractivity contribution in [2.75, 3.05) is 13.2 Å². The van der Waals surface area contributed by atoms with E-state index in [0.29, 0.717) is 34.4 Å². The number of carboxylic acids is 1. The van der Waals surface area contributed by atoms with Crippen LogP contribution >= 0.6 is 0 Å². The standard InChI is InChI=1S/C25H24N2O6/c1-17-9-11-21(12-10-17)33-25(30)27(16-24(28)29)15-20-6-4-7-22(14-20)31-13-5-8-23-18(2)32-19(3)26-23/h4,6-7,9-12,14H,13,15-16H2,1-3H3,(H,28,29). The number of aromatic nitrogens is 1. The van der Waals surface area contributed by atoms with Gasteiger partial charge >= 0.3 is 12.1 Å². The maximum atomic E-state index is 12.6. The largest absolute Gasteiger partial charge is 0.481 e. The maximum Gasteiger partial charge on any atom is 0.416 e. The summed E-state index contributed by atoms with van der Waals surface area (Å²) in [6, 6.07) is 13.9. The molecule has 0 aliphatic rings. The highest BCUT2D eigenvalue weighted by atomic mass is 16.6. The Labute approximate surface area is 191 Å². The Morgan fingerprint density at radius 2 is 1.85 bits per heavy atom. The Morgan fingerprint density at radius 1 is 1.09 bits per heavy atom. The lowest BCUT2D eigenvalue weighted by molar-refractivity contribution is -0.138. The summed E-state index contributed by atoms with van der Waals surface area (Å²) in [4.78, 5) is 29.1. The van der Waals surface area contributed by atoms with Crippen molar-refractivity contribution >= 4 is 12.1 Å². The summed E-state index contributed by atoms with van der Waals surface area (Å²) in [6.07, 6.45) is -0.753. The van der Waals surface area contributed by atoms with Gasteiger partial charge in [0, 0.05) is 13.5 Å². The van der Waals surface area contributed by atoms with E-state index in [-0.39, 0.29) is 13.2 Å². The molecular weight excluding hydrogens is 424 g/mol. The number of carbonyl (C=O) groups excluding carboxylic acids is 1. The van der Waals surface area contributed by atoms with Gasteiger partial charge in [-0.15, -0.1) is 0 Å². The maximum absolute atomic E-state index is 12.6. The van der Waals surface area contributed by atoms with Crippen molar-refractivity contribution in [1.82, 2.24) is 9.88 Å². The van der Waals surface area contributed by atoms with Crippen LogP contribution in [0.1, 0.15) is 28.5 Å². The number of nitrogens with zero attached hydrogens (tertiary/aromatic N) is 2. The van der Waals surface area contributed by atoms with Crippen LogP contribution in [0.15, 0.2) is 52.9 Å². The molecule has 1 amide bonds. The average Bonchev–Trinajstić information content (AvgIpc) is 3.09. The third-order valence-corrected chi connectivity index (χ3v) is 4.50. The molecule has 3 rings (SSSR count). The fourth-order valence-electron chi connectivity index (χ4n) is 2.96. The van der Waals surface area contributed by atoms with Gasteiger partial charge in [-0.1, -0.05) is 35.7 Å². The molecule has 3 aromatic rings. The highest BCUT2D eigenvalue weighted by Gasteiger charge is 2.19. The molecule has 0 aliphatic carbocycles. The molecule has 8 nitrogen and oxygen atoms in total. The Bertz CT molecular complexity index is 1190. The molecule has 33 heavy (non-hydrogen) atoms. The van der Waals surface area contributed by atoms with Crippen LogP contribution < -0.4 is 9.47 Å². The van der Waals surface area contributed by atoms with Crippen molar-refractivity contribution in [2.45, 2.75) is 27.3 Å². The molecule has 8 heteroatoms. The number of hydrogen-bond acceptors (Lipinski definition) is 6. The number of oxazole rings is 1. The zero-order chi connectivity index (χ0) is 23.8. The van der Waals surface area contributed by atoms with Gasteiger partial charge in [0.15, 0.2) is 11.6 Å². The second-order valence-electron chi connectivity index (χ2n) is 7.31. The lowest BCUT2D eigenvalue weighted by Crippen LogP contribution is -2.37. The zero-order valence-electron chi connectivity index (χ0n) is 18.6. The van der Waals surface area contributed by atoms with Crippen LogP contribution in [-0.4, -0.2) is 40.2 Å². The van der Waals surface area contributed by atoms with Crippen LogP contribution in [0, 0.1) is 32.6 Å². The van der Waals surface area contributed by atoms with Crippen molar-refractivity contribution in [3.8, 4) is 23.3 Å². The van der Waals surface area contributed by atoms with Crippen molar-refractivity contribution in [3.05, 3.63) is 77.0 Å². The minimum absolute atomic E-state index is 0.0390. The lowest BCUT2D eigenvalue weighted by atomic mass is 10.2. The molecule has 2 aromatic carbocycles. The SMILES string of the molecule is Cc1ccc(OC(=O)N(CC(=O)O)Cc2cccc(OCC#Cc3nc(C)oc3C)c2)cc1. The van der Waals surface area contributed by atoms with Crippen LogP contribution in [0.2, 0.25) is 0 Å². The topological polar surface area (TPSA) is 102 Å². The molecule has 1 aromatic heterocycles. The predicted molar refractivity (Wildman–Crippen MR) is 120 cm³/mol. The smallest absolute Gasteiger partial charge is 0.416 e. The second kappa shape index (κ2) is 10.9. The van der Waals surface area contributed by atoms with Gasteiger partial charge < -0.3 is 19.0 Å². The molecule has 0 atom stereocenters. The van der Waals surface area contributed by atoms with E-state index in [1.165, 1.54) is 0 Å². The summed E-state index contributed by atoms with van der Waals surface area (Å²) in [5, 5.41) is 9.22. The number of ether oxygens (including phenoxy) is 2. The van der Waals surface area contributed by atoms with Gasteiger partial charge in [0.25, 0.3) is 0 Å². The number of hydrogen-bond donors (Lipinski definition) is 1. The Kier molecular flexibility index (Phi) is 7.71. The molecule has 1 N–H and O–H groups in total. The first-order valence-corrected chi connectivity index (χ1v) is 10.2. The van der Waals surface area contributed by atoms with Crippen molar-refractivity contribution in [1.29, 1.82) is 0 Å².